The van der Waals surface area contributed by atoms with Crippen molar-refractivity contribution in [2.24, 2.45) is 0 Å². The van der Waals surface area contributed by atoms with E-state index in [2.05, 4.69) is 29.3 Å². The van der Waals surface area contributed by atoms with Gasteiger partial charge in [0.1, 0.15) is 5.75 Å². The molecule has 1 saturated heterocycles. The van der Waals surface area contributed by atoms with Crippen molar-refractivity contribution in [3.05, 3.63) is 29.8 Å². The van der Waals surface area contributed by atoms with Gasteiger partial charge in [-0.25, -0.2) is 0 Å². The smallest absolute Gasteiger partial charge is 0.118 e. The molecule has 0 aromatic heterocycles. The van der Waals surface area contributed by atoms with E-state index in [9.17, 15) is 0 Å². The van der Waals surface area contributed by atoms with Gasteiger partial charge in [-0.05, 0) is 24.2 Å². The van der Waals surface area contributed by atoms with Crippen molar-refractivity contribution in [3.8, 4) is 5.75 Å². The minimum atomic E-state index is 0.458. The Morgan fingerprint density at radius 2 is 2.12 bits per heavy atom. The van der Waals surface area contributed by atoms with Gasteiger partial charge in [-0.3, -0.25) is 0 Å². The fourth-order valence-corrected chi connectivity index (χ4v) is 2.16. The lowest BCUT2D eigenvalue weighted by Gasteiger charge is -2.33. The van der Waals surface area contributed by atoms with Gasteiger partial charge in [0.25, 0.3) is 0 Å². The van der Waals surface area contributed by atoms with E-state index in [1.54, 1.807) is 7.11 Å². The maximum absolute atomic E-state index is 5.17. The fourth-order valence-electron chi connectivity index (χ4n) is 2.16. The zero-order valence-electron chi connectivity index (χ0n) is 10.1. The summed E-state index contributed by atoms with van der Waals surface area (Å²) in [5.41, 5.74) is 1.35. The lowest BCUT2D eigenvalue weighted by molar-refractivity contribution is 0.210. The largest absolute Gasteiger partial charge is 0.497 e. The number of hydrogen-bond donors (Lipinski definition) is 1. The molecule has 1 fully saturated rings. The van der Waals surface area contributed by atoms with Crippen LogP contribution in [0.4, 0.5) is 0 Å². The Labute approximate surface area is 97.4 Å². The summed E-state index contributed by atoms with van der Waals surface area (Å²) in [7, 11) is 1.70. The minimum absolute atomic E-state index is 0.458. The van der Waals surface area contributed by atoms with E-state index in [0.29, 0.717) is 6.04 Å². The van der Waals surface area contributed by atoms with Crippen molar-refractivity contribution in [2.45, 2.75) is 13.0 Å². The first kappa shape index (κ1) is 11.4. The van der Waals surface area contributed by atoms with Crippen LogP contribution >= 0.6 is 0 Å². The zero-order chi connectivity index (χ0) is 11.4. The van der Waals surface area contributed by atoms with E-state index in [4.69, 9.17) is 4.74 Å². The van der Waals surface area contributed by atoms with Crippen LogP contribution in [0.5, 0.6) is 5.75 Å². The maximum atomic E-state index is 5.17. The Morgan fingerprint density at radius 3 is 2.75 bits per heavy atom. The molecule has 0 amide bonds. The SMILES string of the molecule is CCN1CCN[C@H](c2ccc(OC)cc2)C1. The van der Waals surface area contributed by atoms with Gasteiger partial charge in [-0.15, -0.1) is 0 Å². The number of ether oxygens (including phenoxy) is 1. The first-order valence-electron chi connectivity index (χ1n) is 5.93. The van der Waals surface area contributed by atoms with Crippen molar-refractivity contribution < 1.29 is 4.74 Å². The Kier molecular flexibility index (Phi) is 3.80. The molecule has 0 unspecified atom stereocenters. The van der Waals surface area contributed by atoms with Crippen LogP contribution < -0.4 is 10.1 Å². The molecule has 1 N–H and O–H groups in total. The number of benzene rings is 1. The second-order valence-corrected chi connectivity index (χ2v) is 4.17. The second-order valence-electron chi connectivity index (χ2n) is 4.17. The highest BCUT2D eigenvalue weighted by atomic mass is 16.5. The molecular weight excluding hydrogens is 200 g/mol. The van der Waals surface area contributed by atoms with Crippen molar-refractivity contribution in [1.82, 2.24) is 10.2 Å². The molecule has 0 radical (unpaired) electrons. The van der Waals surface area contributed by atoms with Gasteiger partial charge in [0, 0.05) is 25.7 Å². The van der Waals surface area contributed by atoms with Crippen molar-refractivity contribution in [2.75, 3.05) is 33.3 Å². The molecule has 16 heavy (non-hydrogen) atoms. The number of nitrogens with one attached hydrogen (secondary N) is 1. The highest BCUT2D eigenvalue weighted by Crippen LogP contribution is 2.20. The third-order valence-corrected chi connectivity index (χ3v) is 3.22. The fraction of sp³-hybridized carbons (Fsp3) is 0.538. The Balaban J connectivity index is 2.05. The normalized spacial score (nSPS) is 22.0. The summed E-state index contributed by atoms with van der Waals surface area (Å²) in [4.78, 5) is 2.48. The topological polar surface area (TPSA) is 24.5 Å². The van der Waals surface area contributed by atoms with Crippen LogP contribution in [0.3, 0.4) is 0 Å². The molecule has 1 aromatic carbocycles. The molecule has 0 saturated carbocycles. The van der Waals surface area contributed by atoms with E-state index in [1.807, 2.05) is 12.1 Å². The van der Waals surface area contributed by atoms with Crippen molar-refractivity contribution in [1.29, 1.82) is 0 Å². The third-order valence-electron chi connectivity index (χ3n) is 3.22. The lowest BCUT2D eigenvalue weighted by Crippen LogP contribution is -2.45. The van der Waals surface area contributed by atoms with Crippen LogP contribution in [0.15, 0.2) is 24.3 Å². The summed E-state index contributed by atoms with van der Waals surface area (Å²) in [5, 5.41) is 3.55. The number of piperazine rings is 1. The predicted molar refractivity (Wildman–Crippen MR) is 65.9 cm³/mol. The molecule has 88 valence electrons. The molecule has 0 bridgehead atoms. The predicted octanol–water partition coefficient (Wildman–Crippen LogP) is 1.66. The van der Waals surface area contributed by atoms with E-state index >= 15 is 0 Å². The number of likely N-dealkylation sites (N-methyl/N-ethyl adjacent to an activating group) is 1. The molecule has 2 rings (SSSR count). The van der Waals surface area contributed by atoms with Crippen molar-refractivity contribution in [3.63, 3.8) is 0 Å². The molecule has 0 aliphatic carbocycles. The van der Waals surface area contributed by atoms with E-state index in [1.165, 1.54) is 5.56 Å². The molecule has 1 aromatic rings. The van der Waals surface area contributed by atoms with Gasteiger partial charge in [0.05, 0.1) is 7.11 Å². The monoisotopic (exact) mass is 220 g/mol. The number of methoxy groups -OCH3 is 1. The van der Waals surface area contributed by atoms with Crippen LogP contribution in [0.25, 0.3) is 0 Å². The summed E-state index contributed by atoms with van der Waals surface area (Å²) in [6.07, 6.45) is 0. The summed E-state index contributed by atoms with van der Waals surface area (Å²) >= 11 is 0. The number of nitrogens with zero attached hydrogens (tertiary/aromatic N) is 1. The summed E-state index contributed by atoms with van der Waals surface area (Å²) in [6, 6.07) is 8.81. The van der Waals surface area contributed by atoms with Gasteiger partial charge >= 0.3 is 0 Å². The highest BCUT2D eigenvalue weighted by molar-refractivity contribution is 5.29. The van der Waals surface area contributed by atoms with Crippen LogP contribution in [0.1, 0.15) is 18.5 Å². The minimum Gasteiger partial charge on any atom is -0.497 e. The van der Waals surface area contributed by atoms with Gasteiger partial charge < -0.3 is 15.0 Å². The van der Waals surface area contributed by atoms with E-state index < -0.39 is 0 Å². The number of rotatable bonds is 3. The standard InChI is InChI=1S/C13H20N2O/c1-3-15-9-8-14-13(10-15)11-4-6-12(16-2)7-5-11/h4-7,13-14H,3,8-10H2,1-2H3/t13-/m0/s1. The lowest BCUT2D eigenvalue weighted by atomic mass is 10.0. The van der Waals surface area contributed by atoms with Crippen LogP contribution in [0.2, 0.25) is 0 Å². The summed E-state index contributed by atoms with van der Waals surface area (Å²) in [5.74, 6) is 0.923. The van der Waals surface area contributed by atoms with Gasteiger partial charge in [-0.2, -0.15) is 0 Å². The molecule has 0 spiro atoms. The average molecular weight is 220 g/mol. The first-order chi connectivity index (χ1) is 7.83. The summed E-state index contributed by atoms with van der Waals surface area (Å²) in [6.45, 7) is 6.68. The first-order valence-corrected chi connectivity index (χ1v) is 5.93. The molecular formula is C13H20N2O. The molecule has 1 aliphatic heterocycles. The molecule has 1 heterocycles. The average Bonchev–Trinajstić information content (AvgIpc) is 2.39. The van der Waals surface area contributed by atoms with E-state index in [-0.39, 0.29) is 0 Å². The van der Waals surface area contributed by atoms with Crippen LogP contribution in [0, 0.1) is 0 Å². The molecule has 3 nitrogen and oxygen atoms in total. The Bertz CT molecular complexity index is 323. The van der Waals surface area contributed by atoms with Gasteiger partial charge in [0.15, 0.2) is 0 Å². The molecule has 1 aliphatic rings. The second kappa shape index (κ2) is 5.32. The third kappa shape index (κ3) is 2.54. The Hall–Kier alpha value is -1.06. The highest BCUT2D eigenvalue weighted by Gasteiger charge is 2.19. The zero-order valence-corrected chi connectivity index (χ0v) is 10.1. The Morgan fingerprint density at radius 1 is 1.38 bits per heavy atom. The van der Waals surface area contributed by atoms with Gasteiger partial charge in [-0.1, -0.05) is 19.1 Å². The quantitative estimate of drug-likeness (QED) is 0.838. The van der Waals surface area contributed by atoms with Crippen molar-refractivity contribution >= 4 is 0 Å². The summed E-state index contributed by atoms with van der Waals surface area (Å²) < 4.78 is 5.17. The number of hydrogen-bond acceptors (Lipinski definition) is 3. The van der Waals surface area contributed by atoms with Gasteiger partial charge in [0.2, 0.25) is 0 Å². The van der Waals surface area contributed by atoms with E-state index in [0.717, 1.165) is 31.9 Å². The van der Waals surface area contributed by atoms with Crippen LogP contribution in [-0.2, 0) is 0 Å². The molecule has 1 atom stereocenters. The van der Waals surface area contributed by atoms with Crippen LogP contribution in [-0.4, -0.2) is 38.2 Å². The maximum Gasteiger partial charge on any atom is 0.118 e. The molecule has 3 heteroatoms.